The van der Waals surface area contributed by atoms with Crippen molar-refractivity contribution < 1.29 is 4.79 Å². The Morgan fingerprint density at radius 2 is 1.96 bits per heavy atom. The van der Waals surface area contributed by atoms with Crippen molar-refractivity contribution in [3.63, 3.8) is 0 Å². The number of thioether (sulfide) groups is 1. The zero-order chi connectivity index (χ0) is 16.1. The summed E-state index contributed by atoms with van der Waals surface area (Å²) in [6.45, 7) is 1.60. The lowest BCUT2D eigenvalue weighted by Crippen LogP contribution is -2.39. The minimum absolute atomic E-state index is 0.00477. The highest BCUT2D eigenvalue weighted by Gasteiger charge is 2.24. The summed E-state index contributed by atoms with van der Waals surface area (Å²) in [6, 6.07) is 10.3. The van der Waals surface area contributed by atoms with Crippen LogP contribution in [0.2, 0.25) is 0 Å². The third kappa shape index (κ3) is 4.22. The highest BCUT2D eigenvalue weighted by molar-refractivity contribution is 7.98. The average Bonchev–Trinajstić information content (AvgIpc) is 2.61. The standard InChI is InChI=1S/C17H20N4OS/c18-17(22)14-6-8-21(9-7-14)15-10-19-11-16(20-15)23-12-13-4-2-1-3-5-13/h1-5,10-11,14H,6-9,12H2,(H2,18,22). The molecule has 0 atom stereocenters. The van der Waals surface area contributed by atoms with Crippen LogP contribution in [0.3, 0.4) is 0 Å². The molecule has 2 heterocycles. The average molecular weight is 328 g/mol. The first kappa shape index (κ1) is 15.8. The predicted octanol–water partition coefficient (Wildman–Crippen LogP) is 2.47. The lowest BCUT2D eigenvalue weighted by molar-refractivity contribution is -0.122. The van der Waals surface area contributed by atoms with E-state index in [2.05, 4.69) is 22.0 Å². The maximum atomic E-state index is 11.2. The second-order valence-corrected chi connectivity index (χ2v) is 6.65. The lowest BCUT2D eigenvalue weighted by Gasteiger charge is -2.31. The van der Waals surface area contributed by atoms with Crippen LogP contribution in [-0.2, 0) is 10.5 Å². The highest BCUT2D eigenvalue weighted by atomic mass is 32.2. The van der Waals surface area contributed by atoms with Crippen LogP contribution in [0.25, 0.3) is 0 Å². The van der Waals surface area contributed by atoms with Gasteiger partial charge in [-0.25, -0.2) is 4.98 Å². The third-order valence-corrected chi connectivity index (χ3v) is 5.02. The van der Waals surface area contributed by atoms with Crippen molar-refractivity contribution in [2.24, 2.45) is 11.7 Å². The van der Waals surface area contributed by atoms with E-state index in [9.17, 15) is 4.79 Å². The SMILES string of the molecule is NC(=O)C1CCN(c2cncc(SCc3ccccc3)n2)CC1. The van der Waals surface area contributed by atoms with Crippen LogP contribution >= 0.6 is 11.8 Å². The summed E-state index contributed by atoms with van der Waals surface area (Å²) in [5, 5.41) is 0.920. The van der Waals surface area contributed by atoms with Crippen LogP contribution in [0, 0.1) is 5.92 Å². The molecule has 23 heavy (non-hydrogen) atoms. The molecule has 0 bridgehead atoms. The van der Waals surface area contributed by atoms with Crippen LogP contribution in [0.15, 0.2) is 47.8 Å². The number of benzene rings is 1. The first-order chi connectivity index (χ1) is 11.2. The quantitative estimate of drug-likeness (QED) is 0.854. The minimum atomic E-state index is -0.192. The van der Waals surface area contributed by atoms with E-state index in [4.69, 9.17) is 10.7 Å². The van der Waals surface area contributed by atoms with Gasteiger partial charge in [0, 0.05) is 24.8 Å². The second kappa shape index (κ2) is 7.46. The van der Waals surface area contributed by atoms with Gasteiger partial charge in [-0.05, 0) is 18.4 Å². The van der Waals surface area contributed by atoms with Crippen LogP contribution in [0.5, 0.6) is 0 Å². The monoisotopic (exact) mass is 328 g/mol. The molecular formula is C17H20N4OS. The fourth-order valence-corrected chi connectivity index (χ4v) is 3.49. The molecule has 1 aromatic carbocycles. The van der Waals surface area contributed by atoms with Crippen molar-refractivity contribution in [2.45, 2.75) is 23.6 Å². The molecule has 1 fully saturated rings. The summed E-state index contributed by atoms with van der Waals surface area (Å²) in [5.41, 5.74) is 6.65. The molecule has 1 saturated heterocycles. The van der Waals surface area contributed by atoms with Crippen molar-refractivity contribution in [1.82, 2.24) is 9.97 Å². The molecule has 0 spiro atoms. The molecule has 5 nitrogen and oxygen atoms in total. The van der Waals surface area contributed by atoms with E-state index in [0.29, 0.717) is 0 Å². The summed E-state index contributed by atoms with van der Waals surface area (Å²) in [6.07, 6.45) is 5.17. The zero-order valence-corrected chi connectivity index (χ0v) is 13.7. The maximum Gasteiger partial charge on any atom is 0.220 e. The molecule has 1 amide bonds. The number of primary amides is 1. The summed E-state index contributed by atoms with van der Waals surface area (Å²) < 4.78 is 0. The van der Waals surface area contributed by atoms with Crippen molar-refractivity contribution in [3.8, 4) is 0 Å². The molecule has 0 saturated carbocycles. The van der Waals surface area contributed by atoms with Gasteiger partial charge >= 0.3 is 0 Å². The number of nitrogens with zero attached hydrogens (tertiary/aromatic N) is 3. The number of carbonyl (C=O) groups excluding carboxylic acids is 1. The van der Waals surface area contributed by atoms with Crippen molar-refractivity contribution in [2.75, 3.05) is 18.0 Å². The highest BCUT2D eigenvalue weighted by Crippen LogP contribution is 2.25. The van der Waals surface area contributed by atoms with E-state index in [-0.39, 0.29) is 11.8 Å². The Hall–Kier alpha value is -2.08. The molecule has 1 aromatic heterocycles. The maximum absolute atomic E-state index is 11.2. The van der Waals surface area contributed by atoms with Crippen molar-refractivity contribution in [1.29, 1.82) is 0 Å². The first-order valence-corrected chi connectivity index (χ1v) is 8.74. The Labute approximate surface area is 140 Å². The van der Waals surface area contributed by atoms with E-state index < -0.39 is 0 Å². The lowest BCUT2D eigenvalue weighted by atomic mass is 9.96. The van der Waals surface area contributed by atoms with Gasteiger partial charge in [-0.2, -0.15) is 0 Å². The molecule has 1 aliphatic heterocycles. The van der Waals surface area contributed by atoms with E-state index in [0.717, 1.165) is 42.5 Å². The molecule has 6 heteroatoms. The number of carbonyl (C=O) groups is 1. The van der Waals surface area contributed by atoms with E-state index in [1.165, 1.54) is 5.56 Å². The minimum Gasteiger partial charge on any atom is -0.369 e. The van der Waals surface area contributed by atoms with Gasteiger partial charge in [0.15, 0.2) is 0 Å². The number of anilines is 1. The molecule has 2 N–H and O–H groups in total. The summed E-state index contributed by atoms with van der Waals surface area (Å²) in [4.78, 5) is 22.4. The molecule has 0 radical (unpaired) electrons. The number of aromatic nitrogens is 2. The van der Waals surface area contributed by atoms with Crippen LogP contribution in [0.4, 0.5) is 5.82 Å². The Balaban J connectivity index is 1.60. The van der Waals surface area contributed by atoms with Gasteiger partial charge in [-0.15, -0.1) is 11.8 Å². The summed E-state index contributed by atoms with van der Waals surface area (Å²) in [7, 11) is 0. The van der Waals surface area contributed by atoms with Gasteiger partial charge < -0.3 is 10.6 Å². The number of piperidine rings is 1. The molecule has 3 rings (SSSR count). The molecule has 0 aliphatic carbocycles. The smallest absolute Gasteiger partial charge is 0.220 e. The van der Waals surface area contributed by atoms with Crippen molar-refractivity contribution >= 4 is 23.5 Å². The Kier molecular flexibility index (Phi) is 5.12. The largest absolute Gasteiger partial charge is 0.369 e. The van der Waals surface area contributed by atoms with Crippen LogP contribution < -0.4 is 10.6 Å². The van der Waals surface area contributed by atoms with Gasteiger partial charge in [0.05, 0.1) is 12.4 Å². The topological polar surface area (TPSA) is 72.1 Å². The molecule has 2 aromatic rings. The van der Waals surface area contributed by atoms with Gasteiger partial charge in [0.25, 0.3) is 0 Å². The van der Waals surface area contributed by atoms with E-state index in [1.54, 1.807) is 24.2 Å². The molecule has 1 aliphatic rings. The second-order valence-electron chi connectivity index (χ2n) is 5.65. The number of nitrogens with two attached hydrogens (primary N) is 1. The number of rotatable bonds is 5. The normalized spacial score (nSPS) is 15.6. The number of hydrogen-bond donors (Lipinski definition) is 1. The summed E-state index contributed by atoms with van der Waals surface area (Å²) >= 11 is 1.68. The first-order valence-electron chi connectivity index (χ1n) is 7.75. The van der Waals surface area contributed by atoms with Gasteiger partial charge in [-0.1, -0.05) is 30.3 Å². The zero-order valence-electron chi connectivity index (χ0n) is 12.9. The Morgan fingerprint density at radius 1 is 1.22 bits per heavy atom. The molecular weight excluding hydrogens is 308 g/mol. The van der Waals surface area contributed by atoms with Gasteiger partial charge in [0.2, 0.25) is 5.91 Å². The number of amides is 1. The fourth-order valence-electron chi connectivity index (χ4n) is 2.68. The predicted molar refractivity (Wildman–Crippen MR) is 92.2 cm³/mol. The van der Waals surface area contributed by atoms with Gasteiger partial charge in [0.1, 0.15) is 10.8 Å². The summed E-state index contributed by atoms with van der Waals surface area (Å²) in [5.74, 6) is 1.56. The Morgan fingerprint density at radius 3 is 2.65 bits per heavy atom. The van der Waals surface area contributed by atoms with Crippen molar-refractivity contribution in [3.05, 3.63) is 48.3 Å². The Bertz CT molecular complexity index is 657. The van der Waals surface area contributed by atoms with E-state index in [1.807, 2.05) is 18.2 Å². The van der Waals surface area contributed by atoms with Crippen LogP contribution in [-0.4, -0.2) is 29.0 Å². The molecule has 120 valence electrons. The fraction of sp³-hybridized carbons (Fsp3) is 0.353. The molecule has 0 unspecified atom stereocenters. The van der Waals surface area contributed by atoms with E-state index >= 15 is 0 Å². The van der Waals surface area contributed by atoms with Crippen LogP contribution in [0.1, 0.15) is 18.4 Å². The number of hydrogen-bond acceptors (Lipinski definition) is 5. The van der Waals surface area contributed by atoms with Gasteiger partial charge in [-0.3, -0.25) is 9.78 Å². The third-order valence-electron chi connectivity index (χ3n) is 4.05.